The number of hydrogen-bond acceptors (Lipinski definition) is 7. The molecule has 1 saturated heterocycles. The minimum Gasteiger partial charge on any atom is -0.481 e. The quantitative estimate of drug-likeness (QED) is 0.762. The Labute approximate surface area is 162 Å². The molecule has 0 aliphatic carbocycles. The maximum absolute atomic E-state index is 14.4. The SMILES string of the molecule is NC(=O)C1=CSC(c2c(F)cccc2F)N1c1cnsc1OCC1CNC1. The molecule has 1 aromatic heterocycles. The monoisotopic (exact) mass is 410 g/mol. The van der Waals surface area contributed by atoms with Gasteiger partial charge >= 0.3 is 0 Å². The number of halogens is 2. The van der Waals surface area contributed by atoms with Crippen LogP contribution in [-0.4, -0.2) is 30.0 Å². The highest BCUT2D eigenvalue weighted by Gasteiger charge is 2.38. The van der Waals surface area contributed by atoms with Crippen LogP contribution in [0.1, 0.15) is 10.9 Å². The Hall–Kier alpha value is -2.17. The van der Waals surface area contributed by atoms with Gasteiger partial charge in [-0.15, -0.1) is 11.8 Å². The van der Waals surface area contributed by atoms with E-state index in [-0.39, 0.29) is 11.3 Å². The van der Waals surface area contributed by atoms with Gasteiger partial charge in [0.2, 0.25) is 5.06 Å². The smallest absolute Gasteiger partial charge is 0.265 e. The van der Waals surface area contributed by atoms with Crippen LogP contribution in [0, 0.1) is 17.6 Å². The molecule has 0 radical (unpaired) electrons. The van der Waals surface area contributed by atoms with Gasteiger partial charge in [0, 0.05) is 35.9 Å². The van der Waals surface area contributed by atoms with E-state index >= 15 is 0 Å². The van der Waals surface area contributed by atoms with Crippen molar-refractivity contribution in [3.63, 3.8) is 0 Å². The predicted molar refractivity (Wildman–Crippen MR) is 100 cm³/mol. The van der Waals surface area contributed by atoms with Gasteiger partial charge in [0.15, 0.2) is 0 Å². The van der Waals surface area contributed by atoms with E-state index in [0.29, 0.717) is 23.3 Å². The molecule has 1 unspecified atom stereocenters. The van der Waals surface area contributed by atoms with E-state index in [2.05, 4.69) is 9.69 Å². The molecule has 4 rings (SSSR count). The molecular formula is C17H16F2N4O2S2. The number of thioether (sulfide) groups is 1. The second-order valence-electron chi connectivity index (χ2n) is 6.19. The summed E-state index contributed by atoms with van der Waals surface area (Å²) in [5.74, 6) is -1.67. The summed E-state index contributed by atoms with van der Waals surface area (Å²) in [6.45, 7) is 2.25. The van der Waals surface area contributed by atoms with Crippen molar-refractivity contribution in [2.24, 2.45) is 11.7 Å². The third-order valence-corrected chi connectivity index (χ3v) is 6.16. The molecule has 0 bridgehead atoms. The molecule has 1 aromatic carbocycles. The fraction of sp³-hybridized carbons (Fsp3) is 0.294. The van der Waals surface area contributed by atoms with E-state index in [4.69, 9.17) is 10.5 Å². The van der Waals surface area contributed by atoms with E-state index in [9.17, 15) is 13.6 Å². The molecule has 2 aliphatic heterocycles. The number of nitrogens with zero attached hydrogens (tertiary/aromatic N) is 2. The summed E-state index contributed by atoms with van der Waals surface area (Å²) in [5, 5.41) is 4.34. The van der Waals surface area contributed by atoms with E-state index in [1.807, 2.05) is 0 Å². The molecule has 142 valence electrons. The molecule has 2 aliphatic rings. The first-order valence-electron chi connectivity index (χ1n) is 8.23. The zero-order chi connectivity index (χ0) is 19.0. The van der Waals surface area contributed by atoms with Gasteiger partial charge in [-0.1, -0.05) is 6.07 Å². The number of amides is 1. The topological polar surface area (TPSA) is 80.5 Å². The highest BCUT2D eigenvalue weighted by atomic mass is 32.2. The number of nitrogens with two attached hydrogens (primary N) is 1. The number of ether oxygens (including phenoxy) is 1. The molecule has 1 fully saturated rings. The van der Waals surface area contributed by atoms with Crippen LogP contribution in [0.5, 0.6) is 5.06 Å². The lowest BCUT2D eigenvalue weighted by Crippen LogP contribution is -2.45. The van der Waals surface area contributed by atoms with Gasteiger partial charge in [0.1, 0.15) is 28.4 Å². The van der Waals surface area contributed by atoms with Crippen molar-refractivity contribution < 1.29 is 18.3 Å². The molecule has 3 N–H and O–H groups in total. The summed E-state index contributed by atoms with van der Waals surface area (Å²) in [6, 6.07) is 3.67. The molecule has 10 heteroatoms. The zero-order valence-electron chi connectivity index (χ0n) is 14.0. The third kappa shape index (κ3) is 3.40. The van der Waals surface area contributed by atoms with E-state index in [1.54, 1.807) is 0 Å². The Kier molecular flexibility index (Phi) is 5.02. The van der Waals surface area contributed by atoms with Gasteiger partial charge < -0.3 is 20.7 Å². The molecule has 1 atom stereocenters. The summed E-state index contributed by atoms with van der Waals surface area (Å²) in [7, 11) is 0. The van der Waals surface area contributed by atoms with Gasteiger partial charge in [-0.05, 0) is 12.1 Å². The number of carbonyl (C=O) groups is 1. The van der Waals surface area contributed by atoms with Gasteiger partial charge in [-0.25, -0.2) is 8.78 Å². The van der Waals surface area contributed by atoms with Crippen LogP contribution in [0.25, 0.3) is 0 Å². The summed E-state index contributed by atoms with van der Waals surface area (Å²) in [5.41, 5.74) is 5.96. The molecule has 1 amide bonds. The number of nitrogens with one attached hydrogen (secondary N) is 1. The van der Waals surface area contributed by atoms with Crippen LogP contribution in [-0.2, 0) is 4.79 Å². The fourth-order valence-electron chi connectivity index (χ4n) is 2.89. The van der Waals surface area contributed by atoms with E-state index in [1.165, 1.54) is 34.7 Å². The number of primary amides is 1. The zero-order valence-corrected chi connectivity index (χ0v) is 15.7. The van der Waals surface area contributed by atoms with Crippen molar-refractivity contribution in [2.75, 3.05) is 24.6 Å². The van der Waals surface area contributed by atoms with Crippen LogP contribution in [0.3, 0.4) is 0 Å². The number of anilines is 1. The molecule has 0 spiro atoms. The Morgan fingerprint density at radius 2 is 2.11 bits per heavy atom. The number of aromatic nitrogens is 1. The van der Waals surface area contributed by atoms with Gasteiger partial charge in [0.05, 0.1) is 18.4 Å². The summed E-state index contributed by atoms with van der Waals surface area (Å²) >= 11 is 2.23. The summed E-state index contributed by atoms with van der Waals surface area (Å²) < 4.78 is 38.8. The van der Waals surface area contributed by atoms with Crippen LogP contribution in [0.2, 0.25) is 0 Å². The van der Waals surface area contributed by atoms with Gasteiger partial charge in [-0.2, -0.15) is 4.37 Å². The normalized spacial score (nSPS) is 19.7. The van der Waals surface area contributed by atoms with Crippen LogP contribution in [0.15, 0.2) is 35.5 Å². The summed E-state index contributed by atoms with van der Waals surface area (Å²) in [4.78, 5) is 13.4. The minimum absolute atomic E-state index is 0.142. The molecule has 27 heavy (non-hydrogen) atoms. The van der Waals surface area contributed by atoms with Crippen molar-refractivity contribution in [1.82, 2.24) is 9.69 Å². The van der Waals surface area contributed by atoms with Crippen LogP contribution in [0.4, 0.5) is 14.5 Å². The highest BCUT2D eigenvalue weighted by Crippen LogP contribution is 2.50. The molecular weight excluding hydrogens is 394 g/mol. The second-order valence-corrected chi connectivity index (χ2v) is 7.91. The Balaban J connectivity index is 1.69. The minimum atomic E-state index is -0.821. The standard InChI is InChI=1S/C17H16F2N4O2S2/c18-10-2-1-3-11(19)14(10)16-23(13(8-26-16)15(20)24)12-6-22-27-17(12)25-7-9-4-21-5-9/h1-3,6,8-9,16,21H,4-5,7H2,(H2,20,24). The van der Waals surface area contributed by atoms with Gasteiger partial charge in [-0.3, -0.25) is 4.79 Å². The van der Waals surface area contributed by atoms with Crippen molar-refractivity contribution >= 4 is 34.9 Å². The van der Waals surface area contributed by atoms with Crippen molar-refractivity contribution in [3.05, 3.63) is 52.7 Å². The molecule has 0 saturated carbocycles. The fourth-order valence-corrected chi connectivity index (χ4v) is 4.71. The Morgan fingerprint density at radius 1 is 1.37 bits per heavy atom. The largest absolute Gasteiger partial charge is 0.481 e. The Bertz CT molecular complexity index is 881. The first-order chi connectivity index (χ1) is 13.1. The van der Waals surface area contributed by atoms with Crippen LogP contribution < -0.4 is 20.7 Å². The van der Waals surface area contributed by atoms with E-state index < -0.39 is 22.9 Å². The second kappa shape index (κ2) is 7.45. The molecule has 3 heterocycles. The average Bonchev–Trinajstić information content (AvgIpc) is 3.19. The van der Waals surface area contributed by atoms with Crippen molar-refractivity contribution in [3.8, 4) is 5.06 Å². The number of benzene rings is 1. The molecule has 6 nitrogen and oxygen atoms in total. The maximum Gasteiger partial charge on any atom is 0.265 e. The lowest BCUT2D eigenvalue weighted by Gasteiger charge is -2.29. The number of rotatable bonds is 6. The van der Waals surface area contributed by atoms with Crippen LogP contribution >= 0.6 is 23.3 Å². The first-order valence-corrected chi connectivity index (χ1v) is 9.94. The number of carbonyl (C=O) groups excluding carboxylic acids is 1. The van der Waals surface area contributed by atoms with Gasteiger partial charge in [0.25, 0.3) is 5.91 Å². The lowest BCUT2D eigenvalue weighted by atomic mass is 10.1. The third-order valence-electron chi connectivity index (χ3n) is 4.40. The first kappa shape index (κ1) is 18.2. The lowest BCUT2D eigenvalue weighted by molar-refractivity contribution is -0.114. The van der Waals surface area contributed by atoms with Crippen molar-refractivity contribution in [2.45, 2.75) is 5.37 Å². The average molecular weight is 410 g/mol. The predicted octanol–water partition coefficient (Wildman–Crippen LogP) is 2.60. The van der Waals surface area contributed by atoms with Crippen molar-refractivity contribution in [1.29, 1.82) is 0 Å². The summed E-state index contributed by atoms with van der Waals surface area (Å²) in [6.07, 6.45) is 1.52. The molecule has 2 aromatic rings. The maximum atomic E-state index is 14.4. The highest BCUT2D eigenvalue weighted by molar-refractivity contribution is 8.02. The Morgan fingerprint density at radius 3 is 2.74 bits per heavy atom. The number of hydrogen-bond donors (Lipinski definition) is 2. The van der Waals surface area contributed by atoms with E-state index in [0.717, 1.165) is 36.4 Å².